The van der Waals surface area contributed by atoms with Crippen LogP contribution in [0.25, 0.3) is 0 Å². The second kappa shape index (κ2) is 6.45. The maximum absolute atomic E-state index is 11.2. The highest BCUT2D eigenvalue weighted by molar-refractivity contribution is 5.72. The Morgan fingerprint density at radius 3 is 2.63 bits per heavy atom. The predicted octanol–water partition coefficient (Wildman–Crippen LogP) is 3.14. The molecule has 0 saturated heterocycles. The summed E-state index contributed by atoms with van der Waals surface area (Å²) < 4.78 is 5.39. The molecule has 4 heteroatoms. The van der Waals surface area contributed by atoms with E-state index in [2.05, 4.69) is 5.32 Å². The highest BCUT2D eigenvalue weighted by Gasteiger charge is 2.30. The molecule has 0 spiro atoms. The maximum atomic E-state index is 11.2. The lowest BCUT2D eigenvalue weighted by atomic mass is 9.84. The molecule has 1 aliphatic rings. The first-order valence-corrected chi connectivity index (χ1v) is 6.93. The summed E-state index contributed by atoms with van der Waals surface area (Å²) in [6.45, 7) is 2.60. The van der Waals surface area contributed by atoms with Crippen molar-refractivity contribution in [3.8, 4) is 5.75 Å². The van der Waals surface area contributed by atoms with Gasteiger partial charge in [0, 0.05) is 11.7 Å². The Morgan fingerprint density at radius 1 is 1.32 bits per heavy atom. The summed E-state index contributed by atoms with van der Waals surface area (Å²) >= 11 is 0. The first-order chi connectivity index (χ1) is 9.20. The molecule has 0 bridgehead atoms. The fourth-order valence-electron chi connectivity index (χ4n) is 2.63. The number of aliphatic carboxylic acids is 1. The Balaban J connectivity index is 2.00. The van der Waals surface area contributed by atoms with E-state index in [9.17, 15) is 9.90 Å². The van der Waals surface area contributed by atoms with Crippen LogP contribution in [0.3, 0.4) is 0 Å². The number of carboxylic acid groups (broad SMARTS) is 1. The van der Waals surface area contributed by atoms with Crippen LogP contribution in [-0.4, -0.2) is 23.7 Å². The number of hydrogen-bond acceptors (Lipinski definition) is 3. The van der Waals surface area contributed by atoms with Gasteiger partial charge in [-0.05, 0) is 44.0 Å². The molecule has 0 radical (unpaired) electrons. The van der Waals surface area contributed by atoms with Crippen molar-refractivity contribution >= 4 is 11.7 Å². The van der Waals surface area contributed by atoms with Crippen molar-refractivity contribution in [1.29, 1.82) is 0 Å². The van der Waals surface area contributed by atoms with E-state index < -0.39 is 5.97 Å². The SMILES string of the molecule is CCOc1ccc(N[C@H]2CCCC[C@H]2C(=O)O)cc1. The van der Waals surface area contributed by atoms with Crippen LogP contribution in [0.15, 0.2) is 24.3 Å². The zero-order chi connectivity index (χ0) is 13.7. The van der Waals surface area contributed by atoms with Gasteiger partial charge in [-0.2, -0.15) is 0 Å². The number of carbonyl (C=O) groups is 1. The smallest absolute Gasteiger partial charge is 0.308 e. The minimum atomic E-state index is -0.692. The average Bonchev–Trinajstić information content (AvgIpc) is 2.42. The van der Waals surface area contributed by atoms with E-state index in [0.717, 1.165) is 37.1 Å². The number of carboxylic acids is 1. The Kier molecular flexibility index (Phi) is 4.66. The lowest BCUT2D eigenvalue weighted by Crippen LogP contribution is -2.37. The fraction of sp³-hybridized carbons (Fsp3) is 0.533. The first-order valence-electron chi connectivity index (χ1n) is 6.93. The van der Waals surface area contributed by atoms with Crippen LogP contribution >= 0.6 is 0 Å². The summed E-state index contributed by atoms with van der Waals surface area (Å²) in [5.41, 5.74) is 0.960. The fourth-order valence-corrected chi connectivity index (χ4v) is 2.63. The van der Waals surface area contributed by atoms with Crippen molar-refractivity contribution in [2.24, 2.45) is 5.92 Å². The Labute approximate surface area is 113 Å². The molecule has 1 aromatic carbocycles. The van der Waals surface area contributed by atoms with E-state index in [1.165, 1.54) is 0 Å². The van der Waals surface area contributed by atoms with E-state index in [1.807, 2.05) is 31.2 Å². The molecule has 1 aromatic rings. The van der Waals surface area contributed by atoms with Crippen molar-refractivity contribution in [2.75, 3.05) is 11.9 Å². The number of anilines is 1. The number of nitrogens with one attached hydrogen (secondary N) is 1. The third-order valence-corrected chi connectivity index (χ3v) is 3.60. The van der Waals surface area contributed by atoms with E-state index in [1.54, 1.807) is 0 Å². The second-order valence-electron chi connectivity index (χ2n) is 4.94. The lowest BCUT2D eigenvalue weighted by Gasteiger charge is -2.30. The average molecular weight is 263 g/mol. The zero-order valence-electron chi connectivity index (χ0n) is 11.3. The van der Waals surface area contributed by atoms with Crippen LogP contribution in [0.4, 0.5) is 5.69 Å². The van der Waals surface area contributed by atoms with Crippen LogP contribution in [-0.2, 0) is 4.79 Å². The third-order valence-electron chi connectivity index (χ3n) is 3.60. The van der Waals surface area contributed by atoms with Crippen molar-refractivity contribution < 1.29 is 14.6 Å². The van der Waals surface area contributed by atoms with Gasteiger partial charge in [-0.25, -0.2) is 0 Å². The van der Waals surface area contributed by atoms with Crippen molar-refractivity contribution in [1.82, 2.24) is 0 Å². The molecule has 0 aliphatic heterocycles. The molecule has 2 N–H and O–H groups in total. The monoisotopic (exact) mass is 263 g/mol. The molecule has 0 unspecified atom stereocenters. The van der Waals surface area contributed by atoms with E-state index >= 15 is 0 Å². The topological polar surface area (TPSA) is 58.6 Å². The highest BCUT2D eigenvalue weighted by atomic mass is 16.5. The minimum Gasteiger partial charge on any atom is -0.494 e. The molecule has 4 nitrogen and oxygen atoms in total. The quantitative estimate of drug-likeness (QED) is 0.856. The zero-order valence-corrected chi connectivity index (χ0v) is 11.3. The van der Waals surface area contributed by atoms with Gasteiger partial charge in [0.25, 0.3) is 0 Å². The molecule has 0 aromatic heterocycles. The summed E-state index contributed by atoms with van der Waals surface area (Å²) in [4.78, 5) is 11.2. The molecule has 19 heavy (non-hydrogen) atoms. The molecule has 1 aliphatic carbocycles. The summed E-state index contributed by atoms with van der Waals surface area (Å²) in [7, 11) is 0. The van der Waals surface area contributed by atoms with Gasteiger partial charge in [0.15, 0.2) is 0 Å². The molecule has 1 fully saturated rings. The number of hydrogen-bond donors (Lipinski definition) is 2. The van der Waals surface area contributed by atoms with Crippen molar-refractivity contribution in [2.45, 2.75) is 38.6 Å². The molecule has 104 valence electrons. The van der Waals surface area contributed by atoms with Crippen LogP contribution in [0.5, 0.6) is 5.75 Å². The van der Waals surface area contributed by atoms with Gasteiger partial charge in [0.05, 0.1) is 12.5 Å². The predicted molar refractivity (Wildman–Crippen MR) is 74.6 cm³/mol. The van der Waals surface area contributed by atoms with Crippen LogP contribution in [0, 0.1) is 5.92 Å². The van der Waals surface area contributed by atoms with Gasteiger partial charge < -0.3 is 15.2 Å². The molecule has 0 heterocycles. The third kappa shape index (κ3) is 3.63. The summed E-state index contributed by atoms with van der Waals surface area (Å²) in [5.74, 6) is -0.130. The van der Waals surface area contributed by atoms with Gasteiger partial charge in [0.2, 0.25) is 0 Å². The van der Waals surface area contributed by atoms with Gasteiger partial charge in [-0.15, -0.1) is 0 Å². The molecule has 2 atom stereocenters. The summed E-state index contributed by atoms with van der Waals surface area (Å²) in [6, 6.07) is 7.73. The summed E-state index contributed by atoms with van der Waals surface area (Å²) in [5, 5.41) is 12.6. The molecular formula is C15H21NO3. The van der Waals surface area contributed by atoms with E-state index in [0.29, 0.717) is 6.61 Å². The largest absolute Gasteiger partial charge is 0.494 e. The summed E-state index contributed by atoms with van der Waals surface area (Å²) in [6.07, 6.45) is 3.80. The molecule has 2 rings (SSSR count). The normalized spacial score (nSPS) is 22.8. The maximum Gasteiger partial charge on any atom is 0.308 e. The number of ether oxygens (including phenoxy) is 1. The van der Waals surface area contributed by atoms with Gasteiger partial charge in [0.1, 0.15) is 5.75 Å². The highest BCUT2D eigenvalue weighted by Crippen LogP contribution is 2.28. The van der Waals surface area contributed by atoms with E-state index in [-0.39, 0.29) is 12.0 Å². The van der Waals surface area contributed by atoms with Gasteiger partial charge in [-0.3, -0.25) is 4.79 Å². The van der Waals surface area contributed by atoms with Gasteiger partial charge >= 0.3 is 5.97 Å². The Hall–Kier alpha value is -1.71. The molecule has 0 amide bonds. The number of rotatable bonds is 5. The van der Waals surface area contributed by atoms with Crippen LogP contribution < -0.4 is 10.1 Å². The first kappa shape index (κ1) is 13.7. The lowest BCUT2D eigenvalue weighted by molar-refractivity contribution is -0.143. The minimum absolute atomic E-state index is 0.0317. The Morgan fingerprint density at radius 2 is 2.00 bits per heavy atom. The molecular weight excluding hydrogens is 242 g/mol. The van der Waals surface area contributed by atoms with Crippen molar-refractivity contribution in [3.05, 3.63) is 24.3 Å². The standard InChI is InChI=1S/C15H21NO3/c1-2-19-12-9-7-11(8-10-12)16-14-6-4-3-5-13(14)15(17)18/h7-10,13-14,16H,2-6H2,1H3,(H,17,18)/t13-,14+/m1/s1. The molecule has 1 saturated carbocycles. The van der Waals surface area contributed by atoms with Crippen LogP contribution in [0.2, 0.25) is 0 Å². The Bertz CT molecular complexity index is 416. The van der Waals surface area contributed by atoms with Gasteiger partial charge in [-0.1, -0.05) is 12.8 Å². The van der Waals surface area contributed by atoms with Crippen molar-refractivity contribution in [3.63, 3.8) is 0 Å². The number of benzene rings is 1. The van der Waals surface area contributed by atoms with E-state index in [4.69, 9.17) is 4.74 Å². The second-order valence-corrected chi connectivity index (χ2v) is 4.94. The van der Waals surface area contributed by atoms with Crippen LogP contribution in [0.1, 0.15) is 32.6 Å².